The Balaban J connectivity index is 0.00000400. The molecular formula is C14H27IN4O2. The van der Waals surface area contributed by atoms with Crippen molar-refractivity contribution in [1.82, 2.24) is 15.1 Å². The summed E-state index contributed by atoms with van der Waals surface area (Å²) in [6.45, 7) is 6.98. The lowest BCUT2D eigenvalue weighted by Gasteiger charge is -2.24. The lowest BCUT2D eigenvalue weighted by Crippen LogP contribution is -2.42. The fraction of sp³-hybridized carbons (Fsp3) is 0.714. The van der Waals surface area contributed by atoms with E-state index in [1.165, 1.54) is 0 Å². The van der Waals surface area contributed by atoms with Crippen molar-refractivity contribution in [2.24, 2.45) is 10.9 Å². The summed E-state index contributed by atoms with van der Waals surface area (Å²) in [6, 6.07) is 0. The first-order chi connectivity index (χ1) is 9.54. The maximum absolute atomic E-state index is 11.6. The fourth-order valence-corrected chi connectivity index (χ4v) is 1.96. The molecule has 1 aliphatic rings. The Labute approximate surface area is 144 Å². The standard InChI is InChI=1S/C14H26N4O2.HI/c1-5-7-15-14(16-9-13(19)17(2)3)18(4)10-12-6-8-20-11-12;/h5,12H,1,6-11H2,2-4H3,(H,15,16);1H. The molecule has 1 aliphatic heterocycles. The van der Waals surface area contributed by atoms with Gasteiger partial charge < -0.3 is 19.9 Å². The molecule has 122 valence electrons. The zero-order valence-electron chi connectivity index (χ0n) is 13.2. The summed E-state index contributed by atoms with van der Waals surface area (Å²) in [6.07, 6.45) is 2.85. The zero-order chi connectivity index (χ0) is 15.0. The Bertz CT molecular complexity index is 355. The SMILES string of the molecule is C=CCNC(=NCC(=O)N(C)C)N(C)CC1CCOC1.I. The van der Waals surface area contributed by atoms with Crippen LogP contribution in [-0.4, -0.2) is 75.7 Å². The third kappa shape index (κ3) is 7.66. The van der Waals surface area contributed by atoms with E-state index in [1.807, 2.05) is 11.9 Å². The van der Waals surface area contributed by atoms with Crippen LogP contribution in [0.3, 0.4) is 0 Å². The zero-order valence-corrected chi connectivity index (χ0v) is 15.5. The number of ether oxygens (including phenoxy) is 1. The van der Waals surface area contributed by atoms with Crippen LogP contribution in [0.15, 0.2) is 17.6 Å². The molecule has 1 atom stereocenters. The second kappa shape index (κ2) is 10.8. The molecule has 1 amide bonds. The lowest BCUT2D eigenvalue weighted by atomic mass is 10.1. The average Bonchev–Trinajstić information content (AvgIpc) is 2.91. The smallest absolute Gasteiger partial charge is 0.243 e. The Morgan fingerprint density at radius 3 is 2.71 bits per heavy atom. The predicted molar refractivity (Wildman–Crippen MR) is 96.2 cm³/mol. The van der Waals surface area contributed by atoms with Crippen LogP contribution in [-0.2, 0) is 9.53 Å². The van der Waals surface area contributed by atoms with Crippen molar-refractivity contribution >= 4 is 35.8 Å². The van der Waals surface area contributed by atoms with Gasteiger partial charge in [0.15, 0.2) is 5.96 Å². The summed E-state index contributed by atoms with van der Waals surface area (Å²) in [5.41, 5.74) is 0. The molecule has 0 aromatic rings. The lowest BCUT2D eigenvalue weighted by molar-refractivity contribution is -0.127. The van der Waals surface area contributed by atoms with Crippen LogP contribution >= 0.6 is 24.0 Å². The van der Waals surface area contributed by atoms with Gasteiger partial charge in [0, 0.05) is 46.8 Å². The van der Waals surface area contributed by atoms with Crippen LogP contribution in [0.25, 0.3) is 0 Å². The van der Waals surface area contributed by atoms with Crippen molar-refractivity contribution in [2.45, 2.75) is 6.42 Å². The van der Waals surface area contributed by atoms with Crippen LogP contribution in [0, 0.1) is 5.92 Å². The van der Waals surface area contributed by atoms with Crippen LogP contribution in [0.2, 0.25) is 0 Å². The minimum Gasteiger partial charge on any atom is -0.381 e. The van der Waals surface area contributed by atoms with Crippen molar-refractivity contribution in [1.29, 1.82) is 0 Å². The first-order valence-electron chi connectivity index (χ1n) is 6.92. The molecule has 7 heteroatoms. The van der Waals surface area contributed by atoms with Gasteiger partial charge in [0.1, 0.15) is 6.54 Å². The number of likely N-dealkylation sites (N-methyl/N-ethyl adjacent to an activating group) is 1. The van der Waals surface area contributed by atoms with E-state index in [9.17, 15) is 4.79 Å². The largest absolute Gasteiger partial charge is 0.381 e. The highest BCUT2D eigenvalue weighted by molar-refractivity contribution is 14.0. The van der Waals surface area contributed by atoms with Gasteiger partial charge in [0.2, 0.25) is 5.91 Å². The molecule has 1 rings (SSSR count). The minimum atomic E-state index is -0.0134. The summed E-state index contributed by atoms with van der Waals surface area (Å²) in [4.78, 5) is 19.6. The number of hydrogen-bond donors (Lipinski definition) is 1. The van der Waals surface area contributed by atoms with E-state index in [0.717, 1.165) is 32.1 Å². The molecular weight excluding hydrogens is 383 g/mol. The first-order valence-corrected chi connectivity index (χ1v) is 6.92. The summed E-state index contributed by atoms with van der Waals surface area (Å²) >= 11 is 0. The third-order valence-electron chi connectivity index (χ3n) is 3.19. The number of rotatable bonds is 6. The number of hydrogen-bond acceptors (Lipinski definition) is 3. The quantitative estimate of drug-likeness (QED) is 0.305. The molecule has 0 radical (unpaired) electrons. The Morgan fingerprint density at radius 2 is 2.19 bits per heavy atom. The van der Waals surface area contributed by atoms with E-state index >= 15 is 0 Å². The molecule has 1 heterocycles. The van der Waals surface area contributed by atoms with Gasteiger partial charge in [0.05, 0.1) is 6.61 Å². The number of nitrogens with zero attached hydrogens (tertiary/aromatic N) is 3. The van der Waals surface area contributed by atoms with Crippen LogP contribution in [0.5, 0.6) is 0 Å². The van der Waals surface area contributed by atoms with Crippen molar-refractivity contribution in [3.8, 4) is 0 Å². The monoisotopic (exact) mass is 410 g/mol. The van der Waals surface area contributed by atoms with E-state index in [1.54, 1.807) is 25.1 Å². The number of halogens is 1. The van der Waals surface area contributed by atoms with Gasteiger partial charge in [-0.3, -0.25) is 4.79 Å². The fourth-order valence-electron chi connectivity index (χ4n) is 1.96. The normalized spacial score (nSPS) is 17.9. The van der Waals surface area contributed by atoms with E-state index in [2.05, 4.69) is 16.9 Å². The number of aliphatic imine (C=N–C) groups is 1. The highest BCUT2D eigenvalue weighted by atomic mass is 127. The van der Waals surface area contributed by atoms with Crippen LogP contribution in [0.1, 0.15) is 6.42 Å². The number of nitrogens with one attached hydrogen (secondary N) is 1. The second-order valence-corrected chi connectivity index (χ2v) is 5.21. The molecule has 1 fully saturated rings. The number of amides is 1. The molecule has 21 heavy (non-hydrogen) atoms. The number of guanidine groups is 1. The van der Waals surface area contributed by atoms with Gasteiger partial charge in [-0.15, -0.1) is 30.6 Å². The molecule has 0 spiro atoms. The van der Waals surface area contributed by atoms with Gasteiger partial charge in [-0.05, 0) is 6.42 Å². The van der Waals surface area contributed by atoms with Crippen molar-refractivity contribution < 1.29 is 9.53 Å². The van der Waals surface area contributed by atoms with E-state index in [0.29, 0.717) is 12.5 Å². The Kier molecular flexibility index (Phi) is 10.4. The molecule has 0 saturated carbocycles. The average molecular weight is 410 g/mol. The van der Waals surface area contributed by atoms with Crippen molar-refractivity contribution in [2.75, 3.05) is 54.0 Å². The summed E-state index contributed by atoms with van der Waals surface area (Å²) < 4.78 is 5.38. The highest BCUT2D eigenvalue weighted by Crippen LogP contribution is 2.13. The van der Waals surface area contributed by atoms with Crippen LogP contribution in [0.4, 0.5) is 0 Å². The Hall–Kier alpha value is -0.830. The molecule has 0 aromatic heterocycles. The molecule has 1 N–H and O–H groups in total. The number of carbonyl (C=O) groups excluding carboxylic acids is 1. The number of carbonyl (C=O) groups is 1. The summed E-state index contributed by atoms with van der Waals surface area (Å²) in [5, 5.41) is 3.18. The molecule has 1 saturated heterocycles. The topological polar surface area (TPSA) is 57.2 Å². The van der Waals surface area contributed by atoms with Crippen molar-refractivity contribution in [3.63, 3.8) is 0 Å². The summed E-state index contributed by atoms with van der Waals surface area (Å²) in [7, 11) is 5.44. The van der Waals surface area contributed by atoms with Gasteiger partial charge in [0.25, 0.3) is 0 Å². The van der Waals surface area contributed by atoms with E-state index in [4.69, 9.17) is 4.74 Å². The minimum absolute atomic E-state index is 0. The first kappa shape index (κ1) is 20.2. The molecule has 0 aromatic carbocycles. The van der Waals surface area contributed by atoms with Gasteiger partial charge in [-0.1, -0.05) is 6.08 Å². The maximum atomic E-state index is 11.6. The van der Waals surface area contributed by atoms with Gasteiger partial charge in [-0.2, -0.15) is 0 Å². The van der Waals surface area contributed by atoms with Gasteiger partial charge >= 0.3 is 0 Å². The molecule has 0 aliphatic carbocycles. The third-order valence-corrected chi connectivity index (χ3v) is 3.19. The Morgan fingerprint density at radius 1 is 1.48 bits per heavy atom. The molecule has 0 bridgehead atoms. The second-order valence-electron chi connectivity index (χ2n) is 5.21. The molecule has 1 unspecified atom stereocenters. The summed E-state index contributed by atoms with van der Waals surface area (Å²) in [5.74, 6) is 1.24. The van der Waals surface area contributed by atoms with Crippen LogP contribution < -0.4 is 5.32 Å². The van der Waals surface area contributed by atoms with E-state index < -0.39 is 0 Å². The van der Waals surface area contributed by atoms with Crippen molar-refractivity contribution in [3.05, 3.63) is 12.7 Å². The highest BCUT2D eigenvalue weighted by Gasteiger charge is 2.19. The molecule has 6 nitrogen and oxygen atoms in total. The van der Waals surface area contributed by atoms with Gasteiger partial charge in [-0.25, -0.2) is 4.99 Å². The predicted octanol–water partition coefficient (Wildman–Crippen LogP) is 0.792. The van der Waals surface area contributed by atoms with E-state index in [-0.39, 0.29) is 36.4 Å². The maximum Gasteiger partial charge on any atom is 0.243 e.